The summed E-state index contributed by atoms with van der Waals surface area (Å²) in [6.45, 7) is 5.95. The van der Waals surface area contributed by atoms with Crippen molar-refractivity contribution in [1.82, 2.24) is 14.9 Å². The van der Waals surface area contributed by atoms with Crippen LogP contribution in [-0.4, -0.2) is 21.5 Å². The molecule has 7 heteroatoms. The van der Waals surface area contributed by atoms with Crippen LogP contribution in [0, 0.1) is 20.8 Å². The summed E-state index contributed by atoms with van der Waals surface area (Å²) in [4.78, 5) is 30.8. The first kappa shape index (κ1) is 19.0. The lowest BCUT2D eigenvalue weighted by atomic mass is 10.2. The van der Waals surface area contributed by atoms with Crippen molar-refractivity contribution in [3.63, 3.8) is 0 Å². The largest absolute Gasteiger partial charge is 0.333 e. The number of carbonyl (C=O) groups is 2. The molecule has 1 fully saturated rings. The van der Waals surface area contributed by atoms with Crippen LogP contribution in [0.15, 0.2) is 54.4 Å². The van der Waals surface area contributed by atoms with E-state index in [4.69, 9.17) is 11.6 Å². The summed E-state index contributed by atoms with van der Waals surface area (Å²) >= 11 is 6.00. The molecule has 3 heterocycles. The highest BCUT2D eigenvalue weighted by molar-refractivity contribution is 6.32. The Hall–Kier alpha value is -3.38. The summed E-state index contributed by atoms with van der Waals surface area (Å²) in [6.07, 6.45) is 3.46. The first-order chi connectivity index (χ1) is 13.8. The molecular formula is C22H19ClN4O2. The normalized spacial score (nSPS) is 15.3. The summed E-state index contributed by atoms with van der Waals surface area (Å²) < 4.78 is 2.02. The number of hydrogen-bond donors (Lipinski definition) is 1. The predicted octanol–water partition coefficient (Wildman–Crippen LogP) is 4.55. The fourth-order valence-electron chi connectivity index (χ4n) is 3.47. The second-order valence-corrected chi connectivity index (χ2v) is 7.40. The van der Waals surface area contributed by atoms with Gasteiger partial charge >= 0.3 is 6.03 Å². The summed E-state index contributed by atoms with van der Waals surface area (Å²) in [5.41, 5.74) is 4.50. The third kappa shape index (κ3) is 3.43. The van der Waals surface area contributed by atoms with Crippen LogP contribution < -0.4 is 10.2 Å². The fraction of sp³-hybridized carbons (Fsp3) is 0.136. The molecular weight excluding hydrogens is 388 g/mol. The number of nitrogens with one attached hydrogen (secondary N) is 1. The Morgan fingerprint density at radius 2 is 1.86 bits per heavy atom. The van der Waals surface area contributed by atoms with Crippen LogP contribution in [0.1, 0.15) is 22.5 Å². The molecule has 4 rings (SSSR count). The highest BCUT2D eigenvalue weighted by atomic mass is 35.5. The molecule has 3 aromatic rings. The number of aryl methyl sites for hydroxylation is 2. The lowest BCUT2D eigenvalue weighted by Crippen LogP contribution is -2.30. The number of urea groups is 1. The number of hydrogen-bond acceptors (Lipinski definition) is 3. The molecule has 1 aliphatic heterocycles. The fourth-order valence-corrected chi connectivity index (χ4v) is 3.65. The highest BCUT2D eigenvalue weighted by Gasteiger charge is 2.35. The maximum atomic E-state index is 12.9. The quantitative estimate of drug-likeness (QED) is 0.512. The van der Waals surface area contributed by atoms with E-state index in [1.165, 1.54) is 0 Å². The lowest BCUT2D eigenvalue weighted by Gasteiger charge is -2.11. The van der Waals surface area contributed by atoms with Crippen LogP contribution in [0.25, 0.3) is 11.9 Å². The molecule has 6 nitrogen and oxygen atoms in total. The van der Waals surface area contributed by atoms with Crippen molar-refractivity contribution in [3.05, 3.63) is 81.9 Å². The van der Waals surface area contributed by atoms with Crippen molar-refractivity contribution in [2.24, 2.45) is 0 Å². The van der Waals surface area contributed by atoms with E-state index in [9.17, 15) is 9.59 Å². The number of imide groups is 1. The SMILES string of the molecule is Cc1ccnc(-n2c(C)cc(C=C3NC(=O)N(c4cccc(Cl)c4)C3=O)c2C)c1. The van der Waals surface area contributed by atoms with Gasteiger partial charge in [-0.2, -0.15) is 0 Å². The Balaban J connectivity index is 1.71. The molecule has 0 radical (unpaired) electrons. The predicted molar refractivity (Wildman–Crippen MR) is 113 cm³/mol. The average molecular weight is 407 g/mol. The van der Waals surface area contributed by atoms with E-state index in [0.29, 0.717) is 10.7 Å². The summed E-state index contributed by atoms with van der Waals surface area (Å²) in [7, 11) is 0. The molecule has 1 aliphatic rings. The third-order valence-corrected chi connectivity index (χ3v) is 5.08. The first-order valence-electron chi connectivity index (χ1n) is 9.10. The molecule has 2 aromatic heterocycles. The molecule has 1 saturated heterocycles. The molecule has 0 unspecified atom stereocenters. The zero-order valence-electron chi connectivity index (χ0n) is 16.2. The van der Waals surface area contributed by atoms with Crippen LogP contribution in [0.5, 0.6) is 0 Å². The molecule has 0 saturated carbocycles. The molecule has 1 aromatic carbocycles. The molecule has 0 spiro atoms. The van der Waals surface area contributed by atoms with Gasteiger partial charge in [-0.25, -0.2) is 14.7 Å². The van der Waals surface area contributed by atoms with Crippen molar-refractivity contribution in [2.45, 2.75) is 20.8 Å². The van der Waals surface area contributed by atoms with Crippen LogP contribution in [0.4, 0.5) is 10.5 Å². The Kier molecular flexibility index (Phi) is 4.72. The van der Waals surface area contributed by atoms with E-state index < -0.39 is 11.9 Å². The van der Waals surface area contributed by atoms with E-state index in [2.05, 4.69) is 10.3 Å². The topological polar surface area (TPSA) is 67.2 Å². The van der Waals surface area contributed by atoms with Crippen molar-refractivity contribution in [3.8, 4) is 5.82 Å². The van der Waals surface area contributed by atoms with Crippen molar-refractivity contribution in [1.29, 1.82) is 0 Å². The number of nitrogens with zero attached hydrogens (tertiary/aromatic N) is 3. The second kappa shape index (κ2) is 7.22. The minimum absolute atomic E-state index is 0.215. The number of anilines is 1. The standard InChI is InChI=1S/C22H19ClN4O2/c1-13-7-8-24-20(9-13)26-14(2)10-16(15(26)3)11-19-21(28)27(22(29)25-19)18-6-4-5-17(23)12-18/h4-12H,1-3H3,(H,25,29). The number of halogens is 1. The average Bonchev–Trinajstić information content (AvgIpc) is 3.10. The number of amides is 3. The molecule has 1 N–H and O–H groups in total. The van der Waals surface area contributed by atoms with Crippen molar-refractivity contribution in [2.75, 3.05) is 4.90 Å². The van der Waals surface area contributed by atoms with Crippen molar-refractivity contribution < 1.29 is 9.59 Å². The molecule has 0 aliphatic carbocycles. The molecule has 0 bridgehead atoms. The maximum absolute atomic E-state index is 12.9. The maximum Gasteiger partial charge on any atom is 0.333 e. The Morgan fingerprint density at radius 1 is 1.07 bits per heavy atom. The van der Waals surface area contributed by atoms with Gasteiger partial charge in [0.25, 0.3) is 5.91 Å². The molecule has 146 valence electrons. The van der Waals surface area contributed by atoms with Gasteiger partial charge in [0.1, 0.15) is 11.5 Å². The number of carbonyl (C=O) groups excluding carboxylic acids is 2. The lowest BCUT2D eigenvalue weighted by molar-refractivity contribution is -0.113. The minimum Gasteiger partial charge on any atom is -0.303 e. The van der Waals surface area contributed by atoms with Gasteiger partial charge in [-0.1, -0.05) is 17.7 Å². The van der Waals surface area contributed by atoms with Gasteiger partial charge < -0.3 is 9.88 Å². The van der Waals surface area contributed by atoms with Crippen LogP contribution in [0.2, 0.25) is 5.02 Å². The third-order valence-electron chi connectivity index (χ3n) is 4.84. The molecule has 3 amide bonds. The highest BCUT2D eigenvalue weighted by Crippen LogP contribution is 2.27. The summed E-state index contributed by atoms with van der Waals surface area (Å²) in [5.74, 6) is 0.391. The van der Waals surface area contributed by atoms with Gasteiger partial charge in [0.2, 0.25) is 0 Å². The van der Waals surface area contributed by atoms with Gasteiger partial charge in [0.05, 0.1) is 5.69 Å². The van der Waals surface area contributed by atoms with Gasteiger partial charge in [-0.3, -0.25) is 4.79 Å². The smallest absolute Gasteiger partial charge is 0.303 e. The van der Waals surface area contributed by atoms with E-state index in [0.717, 1.165) is 33.2 Å². The van der Waals surface area contributed by atoms with E-state index in [-0.39, 0.29) is 5.70 Å². The first-order valence-corrected chi connectivity index (χ1v) is 9.47. The number of aromatic nitrogens is 2. The summed E-state index contributed by atoms with van der Waals surface area (Å²) in [5, 5.41) is 3.11. The Morgan fingerprint density at radius 3 is 2.59 bits per heavy atom. The van der Waals surface area contributed by atoms with Gasteiger partial charge in [-0.05, 0) is 74.4 Å². The minimum atomic E-state index is -0.502. The summed E-state index contributed by atoms with van der Waals surface area (Å²) in [6, 6.07) is 12.0. The monoisotopic (exact) mass is 406 g/mol. The Bertz CT molecular complexity index is 1180. The van der Waals surface area contributed by atoms with Gasteiger partial charge in [0.15, 0.2) is 0 Å². The molecule has 0 atom stereocenters. The number of rotatable bonds is 3. The zero-order chi connectivity index (χ0) is 20.7. The van der Waals surface area contributed by atoms with E-state index in [1.54, 1.807) is 36.5 Å². The van der Waals surface area contributed by atoms with Crippen molar-refractivity contribution >= 4 is 35.3 Å². The van der Waals surface area contributed by atoms with Gasteiger partial charge in [-0.15, -0.1) is 0 Å². The van der Waals surface area contributed by atoms with E-state index in [1.807, 2.05) is 43.5 Å². The van der Waals surface area contributed by atoms with Crippen LogP contribution >= 0.6 is 11.6 Å². The number of benzene rings is 1. The van der Waals surface area contributed by atoms with Crippen LogP contribution in [0.3, 0.4) is 0 Å². The zero-order valence-corrected chi connectivity index (χ0v) is 17.0. The van der Waals surface area contributed by atoms with Crippen LogP contribution in [-0.2, 0) is 4.79 Å². The van der Waals surface area contributed by atoms with E-state index >= 15 is 0 Å². The molecule has 29 heavy (non-hydrogen) atoms. The number of pyridine rings is 1. The van der Waals surface area contributed by atoms with Gasteiger partial charge in [0, 0.05) is 22.6 Å². The second-order valence-electron chi connectivity index (χ2n) is 6.96. The Labute approximate surface area is 173 Å².